The lowest BCUT2D eigenvalue weighted by Crippen LogP contribution is -2.26. The molecule has 1 heterocycles. The Morgan fingerprint density at radius 1 is 1.22 bits per heavy atom. The van der Waals surface area contributed by atoms with Gasteiger partial charge in [0.05, 0.1) is 23.8 Å². The normalized spacial score (nSPS) is 13.8. The first-order valence-corrected chi connectivity index (χ1v) is 6.20. The minimum Gasteiger partial charge on any atom is -0.374 e. The van der Waals surface area contributed by atoms with Crippen molar-refractivity contribution >= 4 is 10.9 Å². The SMILES string of the molecule is CC(C)(C)OCC(N)c1cccc2cccnc12. The van der Waals surface area contributed by atoms with E-state index in [0.29, 0.717) is 6.61 Å². The molecule has 0 fully saturated rings. The van der Waals surface area contributed by atoms with Crippen LogP contribution in [0.3, 0.4) is 0 Å². The Morgan fingerprint density at radius 2 is 1.94 bits per heavy atom. The van der Waals surface area contributed by atoms with Gasteiger partial charge in [-0.3, -0.25) is 4.98 Å². The molecule has 0 aliphatic heterocycles. The average Bonchev–Trinajstić information content (AvgIpc) is 2.34. The smallest absolute Gasteiger partial charge is 0.0750 e. The van der Waals surface area contributed by atoms with Gasteiger partial charge in [-0.05, 0) is 32.4 Å². The van der Waals surface area contributed by atoms with Crippen molar-refractivity contribution in [2.45, 2.75) is 32.4 Å². The van der Waals surface area contributed by atoms with Crippen LogP contribution in [0.15, 0.2) is 36.5 Å². The fraction of sp³-hybridized carbons (Fsp3) is 0.400. The molecule has 3 nitrogen and oxygen atoms in total. The number of pyridine rings is 1. The van der Waals surface area contributed by atoms with E-state index in [0.717, 1.165) is 16.5 Å². The van der Waals surface area contributed by atoms with Gasteiger partial charge in [0, 0.05) is 11.6 Å². The quantitative estimate of drug-likeness (QED) is 0.902. The van der Waals surface area contributed by atoms with Crippen molar-refractivity contribution in [3.63, 3.8) is 0 Å². The number of para-hydroxylation sites is 1. The van der Waals surface area contributed by atoms with E-state index in [4.69, 9.17) is 10.5 Å². The molecular formula is C15H20N2O. The Balaban J connectivity index is 2.25. The number of aromatic nitrogens is 1. The summed E-state index contributed by atoms with van der Waals surface area (Å²) in [5.41, 5.74) is 8.03. The maximum Gasteiger partial charge on any atom is 0.0750 e. The van der Waals surface area contributed by atoms with Gasteiger partial charge in [-0.25, -0.2) is 0 Å². The summed E-state index contributed by atoms with van der Waals surface area (Å²) in [5.74, 6) is 0. The van der Waals surface area contributed by atoms with Crippen LogP contribution in [0.5, 0.6) is 0 Å². The van der Waals surface area contributed by atoms with Gasteiger partial charge in [-0.2, -0.15) is 0 Å². The molecule has 0 aliphatic rings. The topological polar surface area (TPSA) is 48.1 Å². The monoisotopic (exact) mass is 244 g/mol. The van der Waals surface area contributed by atoms with Crippen molar-refractivity contribution < 1.29 is 4.74 Å². The third-order valence-corrected chi connectivity index (χ3v) is 2.76. The van der Waals surface area contributed by atoms with E-state index in [9.17, 15) is 0 Å². The Kier molecular flexibility index (Phi) is 3.64. The minimum absolute atomic E-state index is 0.150. The van der Waals surface area contributed by atoms with Gasteiger partial charge in [-0.15, -0.1) is 0 Å². The molecule has 1 unspecified atom stereocenters. The largest absolute Gasteiger partial charge is 0.374 e. The molecule has 0 amide bonds. The van der Waals surface area contributed by atoms with Crippen LogP contribution in [-0.4, -0.2) is 17.2 Å². The van der Waals surface area contributed by atoms with Gasteiger partial charge in [0.15, 0.2) is 0 Å². The van der Waals surface area contributed by atoms with Gasteiger partial charge in [0.25, 0.3) is 0 Å². The fourth-order valence-electron chi connectivity index (χ4n) is 1.86. The molecule has 0 aliphatic carbocycles. The first kappa shape index (κ1) is 13.0. The average molecular weight is 244 g/mol. The molecule has 1 atom stereocenters. The Morgan fingerprint density at radius 3 is 2.67 bits per heavy atom. The van der Waals surface area contributed by atoms with Crippen LogP contribution < -0.4 is 5.73 Å². The number of rotatable bonds is 3. The molecule has 1 aromatic heterocycles. The molecular weight excluding hydrogens is 224 g/mol. The second kappa shape index (κ2) is 5.04. The summed E-state index contributed by atoms with van der Waals surface area (Å²) in [6.07, 6.45) is 1.79. The Bertz CT molecular complexity index is 526. The van der Waals surface area contributed by atoms with Crippen molar-refractivity contribution in [2.24, 2.45) is 5.73 Å². The molecule has 0 saturated heterocycles. The second-order valence-electron chi connectivity index (χ2n) is 5.45. The van der Waals surface area contributed by atoms with Crippen molar-refractivity contribution in [2.75, 3.05) is 6.61 Å². The highest BCUT2D eigenvalue weighted by atomic mass is 16.5. The lowest BCUT2D eigenvalue weighted by atomic mass is 10.0. The van der Waals surface area contributed by atoms with E-state index in [1.54, 1.807) is 6.20 Å². The molecule has 3 heteroatoms. The number of benzene rings is 1. The maximum atomic E-state index is 6.20. The minimum atomic E-state index is -0.171. The fourth-order valence-corrected chi connectivity index (χ4v) is 1.86. The van der Waals surface area contributed by atoms with Gasteiger partial charge in [-0.1, -0.05) is 24.3 Å². The van der Waals surface area contributed by atoms with Crippen LogP contribution in [-0.2, 0) is 4.74 Å². The van der Waals surface area contributed by atoms with Crippen LogP contribution in [0.1, 0.15) is 32.4 Å². The number of hydrogen-bond donors (Lipinski definition) is 1. The number of hydrogen-bond acceptors (Lipinski definition) is 3. The number of nitrogens with two attached hydrogens (primary N) is 1. The number of nitrogens with zero attached hydrogens (tertiary/aromatic N) is 1. The number of fused-ring (bicyclic) bond motifs is 1. The molecule has 0 saturated carbocycles. The molecule has 0 spiro atoms. The molecule has 96 valence electrons. The summed E-state index contributed by atoms with van der Waals surface area (Å²) in [6, 6.07) is 9.90. The standard InChI is InChI=1S/C15H20N2O/c1-15(2,3)18-10-13(16)12-8-4-6-11-7-5-9-17-14(11)12/h4-9,13H,10,16H2,1-3H3. The van der Waals surface area contributed by atoms with Crippen LogP contribution >= 0.6 is 0 Å². The highest BCUT2D eigenvalue weighted by Gasteiger charge is 2.15. The second-order valence-corrected chi connectivity index (χ2v) is 5.45. The summed E-state index contributed by atoms with van der Waals surface area (Å²) in [4.78, 5) is 4.41. The van der Waals surface area contributed by atoms with Crippen molar-refractivity contribution in [1.82, 2.24) is 4.98 Å². The molecule has 18 heavy (non-hydrogen) atoms. The third-order valence-electron chi connectivity index (χ3n) is 2.76. The van der Waals surface area contributed by atoms with Gasteiger partial charge in [0.2, 0.25) is 0 Å². The summed E-state index contributed by atoms with van der Waals surface area (Å²) in [5, 5.41) is 1.11. The first-order chi connectivity index (χ1) is 8.47. The van der Waals surface area contributed by atoms with E-state index >= 15 is 0 Å². The van der Waals surface area contributed by atoms with Crippen LogP contribution in [0.2, 0.25) is 0 Å². The Hall–Kier alpha value is -1.45. The molecule has 2 aromatic rings. The lowest BCUT2D eigenvalue weighted by molar-refractivity contribution is -0.0101. The van der Waals surface area contributed by atoms with E-state index in [-0.39, 0.29) is 11.6 Å². The molecule has 1 aromatic carbocycles. The molecule has 2 N–H and O–H groups in total. The van der Waals surface area contributed by atoms with Crippen molar-refractivity contribution in [3.05, 3.63) is 42.1 Å². The summed E-state index contributed by atoms with van der Waals surface area (Å²) in [6.45, 7) is 6.59. The summed E-state index contributed by atoms with van der Waals surface area (Å²) < 4.78 is 5.74. The number of ether oxygens (including phenoxy) is 1. The van der Waals surface area contributed by atoms with Crippen LogP contribution in [0.4, 0.5) is 0 Å². The van der Waals surface area contributed by atoms with E-state index < -0.39 is 0 Å². The van der Waals surface area contributed by atoms with Crippen molar-refractivity contribution in [3.8, 4) is 0 Å². The predicted molar refractivity (Wildman–Crippen MR) is 74.4 cm³/mol. The van der Waals surface area contributed by atoms with Crippen LogP contribution in [0.25, 0.3) is 10.9 Å². The van der Waals surface area contributed by atoms with Gasteiger partial charge >= 0.3 is 0 Å². The first-order valence-electron chi connectivity index (χ1n) is 6.20. The highest BCUT2D eigenvalue weighted by molar-refractivity contribution is 5.81. The van der Waals surface area contributed by atoms with E-state index in [1.165, 1.54) is 0 Å². The highest BCUT2D eigenvalue weighted by Crippen LogP contribution is 2.22. The van der Waals surface area contributed by atoms with E-state index in [1.807, 2.05) is 51.1 Å². The maximum absolute atomic E-state index is 6.20. The van der Waals surface area contributed by atoms with Crippen molar-refractivity contribution in [1.29, 1.82) is 0 Å². The zero-order chi connectivity index (χ0) is 13.2. The van der Waals surface area contributed by atoms with Crippen LogP contribution in [0, 0.1) is 0 Å². The zero-order valence-electron chi connectivity index (χ0n) is 11.2. The molecule has 0 radical (unpaired) electrons. The molecule has 0 bridgehead atoms. The predicted octanol–water partition coefficient (Wildman–Crippen LogP) is 3.05. The summed E-state index contributed by atoms with van der Waals surface area (Å²) >= 11 is 0. The molecule has 2 rings (SSSR count). The Labute approximate surface area is 108 Å². The lowest BCUT2D eigenvalue weighted by Gasteiger charge is -2.23. The van der Waals surface area contributed by atoms with E-state index in [2.05, 4.69) is 4.98 Å². The summed E-state index contributed by atoms with van der Waals surface area (Å²) in [7, 11) is 0. The van der Waals surface area contributed by atoms with Gasteiger partial charge in [0.1, 0.15) is 0 Å². The third kappa shape index (κ3) is 3.06. The zero-order valence-corrected chi connectivity index (χ0v) is 11.2. The van der Waals surface area contributed by atoms with Gasteiger partial charge < -0.3 is 10.5 Å².